The summed E-state index contributed by atoms with van der Waals surface area (Å²) in [5.74, 6) is -3.51. The number of cyclic esters (lactones) is 1. The Morgan fingerprint density at radius 1 is 1.06 bits per heavy atom. The zero-order chi connectivity index (χ0) is 48.1. The monoisotopic (exact) mass is 985 g/mol. The SMILES string of the molecule is CO[C@H]1CC2C=C[C@H]3[C@H]4O[C@]2(/C(C)=C/[C@@H](C)[C@@H]([C@@H](C)OC(=O)c2cccc(C[N+]56CC[N+](CC(N)=O)(CC5)CC6)c2)OC1=O)[C@@H]3[C@H](O)[C@@H](C)[C@H]4OC(=O)C1=CC=CC1.O=S(=O)([O-])C(F)(F)F.[Cl-]. The summed E-state index contributed by atoms with van der Waals surface area (Å²) in [6.07, 6.45) is 7.65. The van der Waals surface area contributed by atoms with Crippen LogP contribution in [0.25, 0.3) is 0 Å². The number of carbonyl (C=O) groups is 4. The summed E-state index contributed by atoms with van der Waals surface area (Å²) in [5.41, 5.74) is 1.80. The number of aliphatic hydroxyl groups is 1. The molecule has 16 nitrogen and oxygen atoms in total. The van der Waals surface area contributed by atoms with Crippen LogP contribution >= 0.6 is 0 Å². The van der Waals surface area contributed by atoms with Gasteiger partial charge in [0.05, 0.1) is 11.7 Å². The quantitative estimate of drug-likeness (QED) is 0.0802. The first-order valence-corrected chi connectivity index (χ1v) is 23.7. The second kappa shape index (κ2) is 19.7. The number of allylic oxidation sites excluding steroid dienone is 3. The van der Waals surface area contributed by atoms with Gasteiger partial charge in [0.2, 0.25) is 0 Å². The number of ether oxygens (including phenoxy) is 5. The second-order valence-electron chi connectivity index (χ2n) is 19.1. The maximum atomic E-state index is 13.9. The molecule has 5 heterocycles. The molecular formula is C46H59ClF3N3O13S. The van der Waals surface area contributed by atoms with Gasteiger partial charge < -0.3 is 60.5 Å². The van der Waals surface area contributed by atoms with Gasteiger partial charge in [0.25, 0.3) is 5.91 Å². The minimum atomic E-state index is -6.09. The number of benzene rings is 1. The van der Waals surface area contributed by atoms with Crippen LogP contribution in [0.5, 0.6) is 0 Å². The number of hydrogen-bond acceptors (Lipinski definition) is 13. The molecule has 12 atom stereocenters. The molecule has 1 spiro atoms. The van der Waals surface area contributed by atoms with Crippen molar-refractivity contribution in [2.45, 2.75) is 94.8 Å². The van der Waals surface area contributed by atoms with E-state index in [0.29, 0.717) is 24.1 Å². The minimum absolute atomic E-state index is 0. The third kappa shape index (κ3) is 10.3. The summed E-state index contributed by atoms with van der Waals surface area (Å²) in [6, 6.07) is 7.55. The number of alkyl halides is 3. The Hall–Kier alpha value is -4.15. The van der Waals surface area contributed by atoms with Gasteiger partial charge in [0.1, 0.15) is 75.8 Å². The number of primary amides is 1. The molecule has 0 radical (unpaired) electrons. The zero-order valence-electron chi connectivity index (χ0n) is 37.9. The fourth-order valence-corrected chi connectivity index (χ4v) is 11.5. The summed E-state index contributed by atoms with van der Waals surface area (Å²) in [5, 5.41) is 12.1. The molecule has 3 aliphatic carbocycles. The third-order valence-electron chi connectivity index (χ3n) is 15.0. The van der Waals surface area contributed by atoms with E-state index < -0.39 is 87.6 Å². The van der Waals surface area contributed by atoms with Crippen molar-refractivity contribution >= 4 is 33.9 Å². The van der Waals surface area contributed by atoms with Crippen molar-refractivity contribution in [3.8, 4) is 0 Å². The number of nitrogens with two attached hydrogens (primary N) is 1. The Labute approximate surface area is 394 Å². The van der Waals surface area contributed by atoms with Crippen molar-refractivity contribution in [2.24, 2.45) is 35.3 Å². The minimum Gasteiger partial charge on any atom is -1.00 e. The number of amides is 1. The molecule has 1 aromatic rings. The molecule has 4 saturated heterocycles. The Bertz CT molecular complexity index is 2300. The second-order valence-corrected chi connectivity index (χ2v) is 20.5. The standard InChI is InChI=1S/C45H58N3O10.CHF3O3S.ClH/c1-26-21-27(2)45-33(13-14-34-37(45)38(50)28(3)40(41(34)58-45)57-42(51)31-10-6-7-11-31)23-35(54-5)44(53)56-39(26)29(4)55-43(52)32-12-8-9-30(22-32)24-47-15-18-48(19-16-47,20-17-47)25-36(46)49;2-1(3,4)8(5,6)7;/h6-10,12-14,21-22,26,28-29,33-35,37-41,50H,11,15-20,23-25H2,1-5H3,(H-,46,49);(H,5,6,7);1H/q+1;;/p-1/b27-21+;;/t26-,28-,29-,33?,34-,35+,37+,38-,39+,40-,41-,45+,47?,48?;;/m1../s1. The highest BCUT2D eigenvalue weighted by molar-refractivity contribution is 7.86. The van der Waals surface area contributed by atoms with Gasteiger partial charge in [-0.25, -0.2) is 22.8 Å². The molecule has 1 saturated carbocycles. The Balaban J connectivity index is 0.000000755. The number of quaternary nitrogens is 2. The average Bonchev–Trinajstić information content (AvgIpc) is 3.86. The van der Waals surface area contributed by atoms with Gasteiger partial charge in [-0.2, -0.15) is 13.2 Å². The number of aliphatic hydroxyl groups excluding tert-OH is 1. The lowest BCUT2D eigenvalue weighted by Gasteiger charge is -2.55. The molecule has 0 aromatic heterocycles. The summed E-state index contributed by atoms with van der Waals surface area (Å²) in [4.78, 5) is 52.7. The predicted octanol–water partition coefficient (Wildman–Crippen LogP) is 0.211. The highest BCUT2D eigenvalue weighted by atomic mass is 35.5. The van der Waals surface area contributed by atoms with E-state index >= 15 is 0 Å². The first-order valence-electron chi connectivity index (χ1n) is 22.3. The van der Waals surface area contributed by atoms with E-state index in [2.05, 4.69) is 12.2 Å². The van der Waals surface area contributed by atoms with Crippen LogP contribution < -0.4 is 18.1 Å². The smallest absolute Gasteiger partial charge is 0.485 e. The maximum Gasteiger partial charge on any atom is 0.485 e. The van der Waals surface area contributed by atoms with E-state index in [0.717, 1.165) is 65.9 Å². The Kier molecular flexibility index (Phi) is 15.3. The highest BCUT2D eigenvalue weighted by Gasteiger charge is 2.69. The van der Waals surface area contributed by atoms with Crippen LogP contribution in [0, 0.1) is 29.6 Å². The number of halogens is 4. The zero-order valence-corrected chi connectivity index (χ0v) is 39.5. The first-order chi connectivity index (χ1) is 30.9. The molecule has 21 heteroatoms. The van der Waals surface area contributed by atoms with Crippen LogP contribution in [0.4, 0.5) is 13.2 Å². The fraction of sp³-hybridized carbons (Fsp3) is 0.609. The number of hydrogen-bond donors (Lipinski definition) is 2. The number of nitrogens with zero attached hydrogens (tertiary/aromatic N) is 2. The van der Waals surface area contributed by atoms with Gasteiger partial charge in [0, 0.05) is 47.8 Å². The van der Waals surface area contributed by atoms with Crippen molar-refractivity contribution in [1.82, 2.24) is 0 Å². The maximum absolute atomic E-state index is 13.9. The van der Waals surface area contributed by atoms with Gasteiger partial charge in [-0.15, -0.1) is 0 Å². The van der Waals surface area contributed by atoms with E-state index in [1.165, 1.54) is 7.11 Å². The van der Waals surface area contributed by atoms with Crippen molar-refractivity contribution in [3.63, 3.8) is 0 Å². The van der Waals surface area contributed by atoms with Crippen LogP contribution in [0.2, 0.25) is 0 Å². The Morgan fingerprint density at radius 3 is 2.28 bits per heavy atom. The van der Waals surface area contributed by atoms with Crippen molar-refractivity contribution in [1.29, 1.82) is 0 Å². The number of rotatable bonds is 10. The van der Waals surface area contributed by atoms with Crippen LogP contribution in [0.15, 0.2) is 71.9 Å². The van der Waals surface area contributed by atoms with E-state index in [1.807, 2.05) is 57.2 Å². The van der Waals surface area contributed by atoms with Gasteiger partial charge in [-0.3, -0.25) is 4.79 Å². The van der Waals surface area contributed by atoms with Gasteiger partial charge >= 0.3 is 23.4 Å². The lowest BCUT2D eigenvalue weighted by molar-refractivity contribution is -1.08. The molecular weight excluding hydrogens is 927 g/mol. The molecule has 67 heavy (non-hydrogen) atoms. The molecule has 370 valence electrons. The molecule has 1 unspecified atom stereocenters. The number of fused-ring (bicyclic) bond motifs is 3. The topological polar surface area (TPSA) is 218 Å². The Morgan fingerprint density at radius 2 is 1.70 bits per heavy atom. The molecule has 1 amide bonds. The molecule has 1 aromatic carbocycles. The van der Waals surface area contributed by atoms with Gasteiger partial charge in [-0.1, -0.05) is 62.4 Å². The van der Waals surface area contributed by atoms with Crippen LogP contribution in [0.3, 0.4) is 0 Å². The first kappa shape index (κ1) is 52.2. The summed E-state index contributed by atoms with van der Waals surface area (Å²) in [7, 11) is -4.62. The van der Waals surface area contributed by atoms with Crippen LogP contribution in [-0.2, 0) is 54.7 Å². The largest absolute Gasteiger partial charge is 1.00 e. The van der Waals surface area contributed by atoms with Gasteiger partial charge in [0.15, 0.2) is 22.8 Å². The number of methoxy groups -OCH3 is 1. The van der Waals surface area contributed by atoms with Crippen LogP contribution in [0.1, 0.15) is 56.5 Å². The average molecular weight is 987 g/mol. The molecule has 5 fully saturated rings. The van der Waals surface area contributed by atoms with Crippen molar-refractivity contribution in [3.05, 3.63) is 83.0 Å². The predicted molar refractivity (Wildman–Crippen MR) is 227 cm³/mol. The lowest BCUT2D eigenvalue weighted by Crippen LogP contribution is -3.00. The lowest BCUT2D eigenvalue weighted by atomic mass is 9.57. The number of piperazine rings is 3. The van der Waals surface area contributed by atoms with E-state index in [1.54, 1.807) is 19.1 Å². The highest BCUT2D eigenvalue weighted by Crippen LogP contribution is 2.61. The van der Waals surface area contributed by atoms with E-state index in [4.69, 9.17) is 42.4 Å². The molecule has 8 aliphatic rings. The summed E-state index contributed by atoms with van der Waals surface area (Å²) in [6.45, 7) is 14.3. The molecule has 5 aliphatic heterocycles. The summed E-state index contributed by atoms with van der Waals surface area (Å²) < 4.78 is 91.9. The fourth-order valence-electron chi connectivity index (χ4n) is 11.5. The number of carbonyl (C=O) groups excluding carboxylic acids is 4. The third-order valence-corrected chi connectivity index (χ3v) is 15.6. The molecule has 9 rings (SSSR count). The molecule has 6 bridgehead atoms. The normalized spacial score (nSPS) is 37.5. The molecule has 3 N–H and O–H groups in total. The van der Waals surface area contributed by atoms with E-state index in [9.17, 15) is 37.5 Å². The van der Waals surface area contributed by atoms with Crippen molar-refractivity contribution < 1.29 is 95.5 Å². The summed E-state index contributed by atoms with van der Waals surface area (Å²) >= 11 is 0. The number of esters is 3. The van der Waals surface area contributed by atoms with Gasteiger partial charge in [-0.05, 0) is 44.4 Å². The van der Waals surface area contributed by atoms with Crippen LogP contribution in [-0.4, -0.2) is 152 Å². The van der Waals surface area contributed by atoms with Crippen molar-refractivity contribution in [2.75, 3.05) is 52.9 Å². The van der Waals surface area contributed by atoms with E-state index in [-0.39, 0.29) is 42.5 Å².